The molecule has 0 atom stereocenters. The number of rotatable bonds is 4. The standard InChI is InChI=1S/C12H10P.C4H9O.Yb/c1-3-7-11(8-4-1)13-12-9-5-2-6-10-12;1-4(2,3)5;/h1-10H;1-3H3;/q2*-1;+2. The molecule has 0 unspecified atom stereocenters. The molecule has 0 heterocycles. The van der Waals surface area contributed by atoms with Crippen LogP contribution in [0.2, 0.25) is 0 Å². The molecule has 0 aliphatic carbocycles. The second kappa shape index (κ2) is 7.38. The fourth-order valence-corrected chi connectivity index (χ4v) is 7.29. The van der Waals surface area contributed by atoms with Crippen molar-refractivity contribution < 1.29 is 42.5 Å². The fourth-order valence-electron chi connectivity index (χ4n) is 1.39. The van der Waals surface area contributed by atoms with Gasteiger partial charge in [-0.2, -0.15) is 0 Å². The zero-order valence-electron chi connectivity index (χ0n) is 11.4. The molecule has 0 bridgehead atoms. The molecule has 1 nitrogen and oxygen atoms in total. The molecule has 3 heteroatoms. The number of hydrogen-bond acceptors (Lipinski definition) is 1. The predicted octanol–water partition coefficient (Wildman–Crippen LogP) is 3.85. The first kappa shape index (κ1) is 15.7. The SMILES string of the molecule is CC(C)(C)[O][Yb][P](c1ccccc1)c1ccccc1. The summed E-state index contributed by atoms with van der Waals surface area (Å²) in [5.74, 6) is 0. The van der Waals surface area contributed by atoms with E-state index in [0.29, 0.717) is 0 Å². The van der Waals surface area contributed by atoms with Gasteiger partial charge in [-0.25, -0.2) is 0 Å². The van der Waals surface area contributed by atoms with E-state index >= 15 is 0 Å². The van der Waals surface area contributed by atoms with Gasteiger partial charge < -0.3 is 0 Å². The summed E-state index contributed by atoms with van der Waals surface area (Å²) in [6.45, 7) is 6.36. The molecule has 2 aromatic carbocycles. The van der Waals surface area contributed by atoms with Crippen LogP contribution in [-0.2, 0) is 0.304 Å². The van der Waals surface area contributed by atoms with Crippen LogP contribution >= 0.6 is 1.78 Å². The molecule has 108 valence electrons. The molecule has 2 aromatic rings. The van der Waals surface area contributed by atoms with Crippen LogP contribution in [0, 0.1) is 42.2 Å². The summed E-state index contributed by atoms with van der Waals surface area (Å²) >= 11 is 0.218. The van der Waals surface area contributed by atoms with Crippen molar-refractivity contribution in [2.75, 3.05) is 0 Å². The van der Waals surface area contributed by atoms with E-state index in [2.05, 4.69) is 81.4 Å². The second-order valence-electron chi connectivity index (χ2n) is 5.12. The molecular formula is C16H19OPYb. The Bertz CT molecular complexity index is 454. The first-order chi connectivity index (χ1) is 9.06. The Labute approximate surface area is 140 Å². The zero-order valence-corrected chi connectivity index (χ0v) is 14.0. The monoisotopic (exact) mass is 432 g/mol. The fraction of sp³-hybridized carbons (Fsp3) is 0.250. The van der Waals surface area contributed by atoms with Crippen LogP contribution in [0.15, 0.2) is 60.7 Å². The molecule has 0 fully saturated rings. The van der Waals surface area contributed by atoms with Gasteiger partial charge in [0.2, 0.25) is 0 Å². The summed E-state index contributed by atoms with van der Waals surface area (Å²) in [4.78, 5) is 0. The average molecular weight is 431 g/mol. The first-order valence-electron chi connectivity index (χ1n) is 6.20. The van der Waals surface area contributed by atoms with E-state index in [1.54, 1.807) is 0 Å². The van der Waals surface area contributed by atoms with E-state index in [4.69, 9.17) is 0.304 Å². The summed E-state index contributed by atoms with van der Waals surface area (Å²) < 4.78 is 5.70. The van der Waals surface area contributed by atoms with Crippen molar-refractivity contribution >= 4 is 12.4 Å². The molecule has 0 amide bonds. The molecule has 2 rings (SSSR count). The van der Waals surface area contributed by atoms with Crippen molar-refractivity contribution in [3.05, 3.63) is 60.7 Å². The van der Waals surface area contributed by atoms with Crippen LogP contribution in [0.4, 0.5) is 0 Å². The van der Waals surface area contributed by atoms with E-state index in [0.717, 1.165) is 0 Å². The van der Waals surface area contributed by atoms with E-state index in [-0.39, 0.29) is 49.5 Å². The summed E-state index contributed by atoms with van der Waals surface area (Å²) in [5.41, 5.74) is -0.0684. The van der Waals surface area contributed by atoms with Gasteiger partial charge in [0.05, 0.1) is 0 Å². The van der Waals surface area contributed by atoms with Gasteiger partial charge in [-0.3, -0.25) is 0 Å². The molecular weight excluding hydrogens is 412 g/mol. The van der Waals surface area contributed by atoms with Crippen LogP contribution in [0.25, 0.3) is 0 Å². The normalized spacial score (nSPS) is 12.0. The maximum absolute atomic E-state index is 6.08. The Kier molecular flexibility index (Phi) is 6.11. The molecule has 0 saturated heterocycles. The average Bonchev–Trinajstić information content (AvgIpc) is 2.40. The Morgan fingerprint density at radius 1 is 0.789 bits per heavy atom. The van der Waals surface area contributed by atoms with Crippen LogP contribution in [0.5, 0.6) is 0 Å². The molecule has 0 saturated carbocycles. The van der Waals surface area contributed by atoms with Gasteiger partial charge in [-0.05, 0) is 0 Å². The van der Waals surface area contributed by atoms with Gasteiger partial charge in [0.25, 0.3) is 0 Å². The summed E-state index contributed by atoms with van der Waals surface area (Å²) in [7, 11) is 0. The Balaban J connectivity index is 2.24. The van der Waals surface area contributed by atoms with Crippen LogP contribution in [0.1, 0.15) is 20.8 Å². The van der Waals surface area contributed by atoms with Crippen molar-refractivity contribution in [3.63, 3.8) is 0 Å². The van der Waals surface area contributed by atoms with E-state index in [1.165, 1.54) is 10.6 Å². The van der Waals surface area contributed by atoms with Gasteiger partial charge in [0.15, 0.2) is 0 Å². The predicted molar refractivity (Wildman–Crippen MR) is 79.9 cm³/mol. The molecule has 0 aliphatic rings. The Hall–Kier alpha value is 0.349. The van der Waals surface area contributed by atoms with Crippen molar-refractivity contribution in [2.24, 2.45) is 0 Å². The van der Waals surface area contributed by atoms with Crippen LogP contribution in [0.3, 0.4) is 0 Å². The van der Waals surface area contributed by atoms with Gasteiger partial charge in [0, 0.05) is 0 Å². The molecule has 0 aromatic heterocycles. The topological polar surface area (TPSA) is 9.23 Å². The summed E-state index contributed by atoms with van der Waals surface area (Å²) in [6.07, 6.45) is 0. The molecule has 0 radical (unpaired) electrons. The molecule has 0 aliphatic heterocycles. The summed E-state index contributed by atoms with van der Waals surface area (Å²) in [6, 6.07) is 21.4. The molecule has 19 heavy (non-hydrogen) atoms. The third kappa shape index (κ3) is 5.33. The Morgan fingerprint density at radius 2 is 1.21 bits per heavy atom. The zero-order chi connectivity index (χ0) is 13.7. The first-order valence-corrected chi connectivity index (χ1v) is 10.3. The van der Waals surface area contributed by atoms with Gasteiger partial charge in [-0.1, -0.05) is 0 Å². The third-order valence-corrected chi connectivity index (χ3v) is 8.80. The van der Waals surface area contributed by atoms with Crippen LogP contribution in [-0.4, -0.2) is 5.60 Å². The van der Waals surface area contributed by atoms with Gasteiger partial charge in [-0.15, -0.1) is 0 Å². The van der Waals surface area contributed by atoms with Crippen LogP contribution < -0.4 is 10.6 Å². The Morgan fingerprint density at radius 3 is 1.58 bits per heavy atom. The minimum absolute atomic E-state index is 0.0684. The van der Waals surface area contributed by atoms with E-state index < -0.39 is 0 Å². The molecule has 0 N–H and O–H groups in total. The third-order valence-electron chi connectivity index (χ3n) is 2.15. The van der Waals surface area contributed by atoms with Crippen molar-refractivity contribution in [2.45, 2.75) is 26.4 Å². The maximum atomic E-state index is 6.08. The minimum atomic E-state index is -0.382. The summed E-state index contributed by atoms with van der Waals surface area (Å²) in [5, 5.41) is 2.79. The number of benzene rings is 2. The van der Waals surface area contributed by atoms with Gasteiger partial charge >= 0.3 is 142 Å². The van der Waals surface area contributed by atoms with E-state index in [1.807, 2.05) is 0 Å². The second-order valence-corrected chi connectivity index (χ2v) is 10.3. The van der Waals surface area contributed by atoms with Crippen molar-refractivity contribution in [1.82, 2.24) is 0 Å². The van der Waals surface area contributed by atoms with Crippen molar-refractivity contribution in [1.29, 1.82) is 0 Å². The number of hydrogen-bond donors (Lipinski definition) is 0. The molecule has 0 spiro atoms. The van der Waals surface area contributed by atoms with Crippen molar-refractivity contribution in [3.8, 4) is 0 Å². The van der Waals surface area contributed by atoms with Gasteiger partial charge in [0.1, 0.15) is 0 Å². The van der Waals surface area contributed by atoms with E-state index in [9.17, 15) is 0 Å². The quantitative estimate of drug-likeness (QED) is 0.669.